The minimum atomic E-state index is 0.628. The number of hydrogen-bond donors (Lipinski definition) is 0. The zero-order valence-electron chi connectivity index (χ0n) is 11.2. The number of allylic oxidation sites excluding steroid dienone is 8. The van der Waals surface area contributed by atoms with Gasteiger partial charge in [0, 0.05) is 0 Å². The van der Waals surface area contributed by atoms with Crippen LogP contribution in [0, 0.1) is 12.8 Å². The molecule has 0 rings (SSSR count). The molecule has 0 spiro atoms. The summed E-state index contributed by atoms with van der Waals surface area (Å²) >= 11 is 0. The average Bonchev–Trinajstić information content (AvgIpc) is 2.17. The fourth-order valence-corrected chi connectivity index (χ4v) is 1.26. The summed E-state index contributed by atoms with van der Waals surface area (Å²) in [6.07, 6.45) is 15.0. The summed E-state index contributed by atoms with van der Waals surface area (Å²) in [4.78, 5) is 0. The molecule has 0 aliphatic rings. The van der Waals surface area contributed by atoms with Crippen LogP contribution in [0.3, 0.4) is 0 Å². The fraction of sp³-hybridized carbons (Fsp3) is 0.438. The molecule has 0 aromatic heterocycles. The summed E-state index contributed by atoms with van der Waals surface area (Å²) in [6.45, 7) is 12.4. The van der Waals surface area contributed by atoms with Crippen LogP contribution in [-0.2, 0) is 0 Å². The monoisotopic (exact) mass is 217 g/mol. The van der Waals surface area contributed by atoms with Crippen molar-refractivity contribution < 1.29 is 0 Å². The van der Waals surface area contributed by atoms with Gasteiger partial charge in [0.05, 0.1) is 0 Å². The normalized spacial score (nSPS) is 14.7. The van der Waals surface area contributed by atoms with E-state index < -0.39 is 0 Å². The van der Waals surface area contributed by atoms with Gasteiger partial charge in [0.2, 0.25) is 0 Å². The van der Waals surface area contributed by atoms with Crippen molar-refractivity contribution in [3.8, 4) is 0 Å². The van der Waals surface area contributed by atoms with Crippen LogP contribution in [0.25, 0.3) is 0 Å². The highest BCUT2D eigenvalue weighted by atomic mass is 14.0. The molecule has 0 saturated carbocycles. The van der Waals surface area contributed by atoms with E-state index in [0.717, 1.165) is 12.8 Å². The number of rotatable bonds is 6. The number of hydrogen-bond acceptors (Lipinski definition) is 0. The largest absolute Gasteiger partial charge is 0.0817 e. The first-order chi connectivity index (χ1) is 7.56. The third-order valence-corrected chi connectivity index (χ3v) is 2.25. The molecule has 1 radical (unpaired) electrons. The standard InChI is InChI=1S/C16H25/c1-6-9-15(4)12-8-13-16(5)11-7-10-14(2)3/h7-8,10-13,15H,1,6,9H2,2-5H3/b11-7+,12-8+,16-13+. The molecule has 0 aromatic carbocycles. The van der Waals surface area contributed by atoms with Gasteiger partial charge in [-0.05, 0) is 33.1 Å². The Balaban J connectivity index is 4.13. The molecule has 89 valence electrons. The molecule has 0 aliphatic heterocycles. The Kier molecular flexibility index (Phi) is 8.61. The van der Waals surface area contributed by atoms with Crippen molar-refractivity contribution >= 4 is 0 Å². The van der Waals surface area contributed by atoms with E-state index in [1.807, 2.05) is 0 Å². The van der Waals surface area contributed by atoms with Crippen molar-refractivity contribution in [3.63, 3.8) is 0 Å². The summed E-state index contributed by atoms with van der Waals surface area (Å²) in [5.74, 6) is 0.628. The summed E-state index contributed by atoms with van der Waals surface area (Å²) in [5.41, 5.74) is 2.60. The first-order valence-corrected chi connectivity index (χ1v) is 6.02. The second-order valence-corrected chi connectivity index (χ2v) is 4.52. The fourth-order valence-electron chi connectivity index (χ4n) is 1.26. The van der Waals surface area contributed by atoms with Crippen LogP contribution >= 0.6 is 0 Å². The first kappa shape index (κ1) is 15.0. The maximum atomic E-state index is 3.86. The molecular formula is C16H25. The maximum Gasteiger partial charge on any atom is -0.0259 e. The molecule has 0 amide bonds. The predicted molar refractivity (Wildman–Crippen MR) is 75.2 cm³/mol. The Morgan fingerprint density at radius 3 is 2.38 bits per heavy atom. The SMILES string of the molecule is [CH2]CCC(C)/C=C/C=C(C)/C=C/C=C(C)C. The van der Waals surface area contributed by atoms with Gasteiger partial charge < -0.3 is 0 Å². The average molecular weight is 217 g/mol. The van der Waals surface area contributed by atoms with E-state index in [1.54, 1.807) is 0 Å². The van der Waals surface area contributed by atoms with Crippen LogP contribution in [0.5, 0.6) is 0 Å². The second kappa shape index (κ2) is 9.21. The van der Waals surface area contributed by atoms with Crippen LogP contribution in [0.4, 0.5) is 0 Å². The highest BCUT2D eigenvalue weighted by Gasteiger charge is 1.91. The first-order valence-electron chi connectivity index (χ1n) is 6.02. The summed E-state index contributed by atoms with van der Waals surface area (Å²) in [7, 11) is 0. The molecule has 1 unspecified atom stereocenters. The van der Waals surface area contributed by atoms with Gasteiger partial charge in [-0.3, -0.25) is 0 Å². The third kappa shape index (κ3) is 9.51. The van der Waals surface area contributed by atoms with Crippen molar-refractivity contribution in [2.45, 2.75) is 40.5 Å². The van der Waals surface area contributed by atoms with E-state index in [0.29, 0.717) is 5.92 Å². The summed E-state index contributed by atoms with van der Waals surface area (Å²) < 4.78 is 0. The van der Waals surface area contributed by atoms with E-state index in [4.69, 9.17) is 0 Å². The van der Waals surface area contributed by atoms with Crippen molar-refractivity contribution in [3.05, 3.63) is 54.5 Å². The molecule has 0 aromatic rings. The smallest absolute Gasteiger partial charge is 0.0259 e. The summed E-state index contributed by atoms with van der Waals surface area (Å²) in [6, 6.07) is 0. The minimum absolute atomic E-state index is 0.628. The zero-order valence-corrected chi connectivity index (χ0v) is 11.2. The van der Waals surface area contributed by atoms with E-state index in [-0.39, 0.29) is 0 Å². The van der Waals surface area contributed by atoms with Gasteiger partial charge >= 0.3 is 0 Å². The molecule has 0 heterocycles. The van der Waals surface area contributed by atoms with Crippen LogP contribution in [0.2, 0.25) is 0 Å². The zero-order chi connectivity index (χ0) is 12.4. The summed E-state index contributed by atoms with van der Waals surface area (Å²) in [5, 5.41) is 0. The van der Waals surface area contributed by atoms with Gasteiger partial charge in [-0.1, -0.05) is 67.9 Å². The predicted octanol–water partition coefficient (Wildman–Crippen LogP) is 5.26. The Morgan fingerprint density at radius 1 is 1.12 bits per heavy atom. The molecule has 0 saturated heterocycles. The van der Waals surface area contributed by atoms with E-state index in [9.17, 15) is 0 Å². The Morgan fingerprint density at radius 2 is 1.81 bits per heavy atom. The van der Waals surface area contributed by atoms with E-state index in [2.05, 4.69) is 71.1 Å². The van der Waals surface area contributed by atoms with Gasteiger partial charge in [0.15, 0.2) is 0 Å². The van der Waals surface area contributed by atoms with Crippen molar-refractivity contribution in [1.29, 1.82) is 0 Å². The van der Waals surface area contributed by atoms with Gasteiger partial charge in [-0.25, -0.2) is 0 Å². The molecule has 16 heavy (non-hydrogen) atoms. The highest BCUT2D eigenvalue weighted by molar-refractivity contribution is 5.25. The molecule has 0 heteroatoms. The van der Waals surface area contributed by atoms with E-state index in [1.165, 1.54) is 11.1 Å². The van der Waals surface area contributed by atoms with Gasteiger partial charge in [0.1, 0.15) is 0 Å². The molecule has 0 nitrogen and oxygen atoms in total. The van der Waals surface area contributed by atoms with Crippen molar-refractivity contribution in [2.75, 3.05) is 0 Å². The lowest BCUT2D eigenvalue weighted by atomic mass is 10.1. The van der Waals surface area contributed by atoms with Crippen LogP contribution in [-0.4, -0.2) is 0 Å². The molecular weight excluding hydrogens is 192 g/mol. The lowest BCUT2D eigenvalue weighted by Crippen LogP contribution is -1.86. The highest BCUT2D eigenvalue weighted by Crippen LogP contribution is 2.06. The topological polar surface area (TPSA) is 0 Å². The Bertz CT molecular complexity index is 283. The van der Waals surface area contributed by atoms with Gasteiger partial charge in [-0.2, -0.15) is 0 Å². The van der Waals surface area contributed by atoms with Gasteiger partial charge in [-0.15, -0.1) is 0 Å². The molecule has 0 aliphatic carbocycles. The van der Waals surface area contributed by atoms with Gasteiger partial charge in [0.25, 0.3) is 0 Å². The lowest BCUT2D eigenvalue weighted by Gasteiger charge is -2.00. The Hall–Kier alpha value is -1.04. The molecule has 0 fully saturated rings. The molecule has 1 atom stereocenters. The van der Waals surface area contributed by atoms with Crippen LogP contribution in [0.15, 0.2) is 47.6 Å². The maximum absolute atomic E-state index is 3.86. The van der Waals surface area contributed by atoms with Crippen LogP contribution < -0.4 is 0 Å². The quantitative estimate of drug-likeness (QED) is 0.532. The molecule has 0 N–H and O–H groups in total. The van der Waals surface area contributed by atoms with E-state index >= 15 is 0 Å². The third-order valence-electron chi connectivity index (χ3n) is 2.25. The van der Waals surface area contributed by atoms with Crippen LogP contribution in [0.1, 0.15) is 40.5 Å². The lowest BCUT2D eigenvalue weighted by molar-refractivity contribution is 0.656. The Labute approximate surface area is 101 Å². The second-order valence-electron chi connectivity index (χ2n) is 4.52. The minimum Gasteiger partial charge on any atom is -0.0817 e. The van der Waals surface area contributed by atoms with Crippen molar-refractivity contribution in [1.82, 2.24) is 0 Å². The molecule has 0 bridgehead atoms. The van der Waals surface area contributed by atoms with Crippen molar-refractivity contribution in [2.24, 2.45) is 5.92 Å².